The Hall–Kier alpha value is -1.38. The molecule has 0 saturated heterocycles. The Bertz CT molecular complexity index is 316. The monoisotopic (exact) mass is 222 g/mol. The molecule has 3 heteroatoms. The summed E-state index contributed by atoms with van der Waals surface area (Å²) in [4.78, 5) is 17.5. The van der Waals surface area contributed by atoms with Crippen LogP contribution in [0.1, 0.15) is 34.1 Å². The summed E-state index contributed by atoms with van der Waals surface area (Å²) in [7, 11) is 1.69. The second-order valence-corrected chi connectivity index (χ2v) is 3.97. The minimum absolute atomic E-state index is 0.0613. The number of carbonyl (C=O) groups excluding carboxylic acids is 1. The maximum atomic E-state index is 11.8. The van der Waals surface area contributed by atoms with Crippen LogP contribution in [0.25, 0.3) is 0 Å². The molecule has 1 unspecified atom stereocenters. The van der Waals surface area contributed by atoms with Gasteiger partial charge in [-0.3, -0.25) is 9.79 Å². The molecule has 0 aliphatic heterocycles. The van der Waals surface area contributed by atoms with Crippen molar-refractivity contribution in [3.63, 3.8) is 0 Å². The lowest BCUT2D eigenvalue weighted by Gasteiger charge is -2.12. The van der Waals surface area contributed by atoms with E-state index in [-0.39, 0.29) is 5.91 Å². The van der Waals surface area contributed by atoms with Gasteiger partial charge in [0.05, 0.1) is 0 Å². The zero-order valence-electron chi connectivity index (χ0n) is 10.9. The van der Waals surface area contributed by atoms with E-state index in [4.69, 9.17) is 0 Å². The molecule has 16 heavy (non-hydrogen) atoms. The standard InChI is InChI=1S/C13H22N2O/c1-7-10(3)9-14-12(5)11(4)13(16)15(6)8-2/h8-10H,2,7H2,1,3-6H3/b12-11+,14-9?. The second-order valence-electron chi connectivity index (χ2n) is 3.97. The maximum absolute atomic E-state index is 11.8. The van der Waals surface area contributed by atoms with Crippen LogP contribution in [-0.2, 0) is 4.79 Å². The molecule has 0 aliphatic rings. The van der Waals surface area contributed by atoms with E-state index < -0.39 is 0 Å². The minimum atomic E-state index is -0.0613. The molecule has 0 bridgehead atoms. The molecule has 0 rings (SSSR count). The lowest BCUT2D eigenvalue weighted by molar-refractivity contribution is -0.123. The Morgan fingerprint density at radius 1 is 1.50 bits per heavy atom. The van der Waals surface area contributed by atoms with Crippen LogP contribution in [-0.4, -0.2) is 24.1 Å². The van der Waals surface area contributed by atoms with Crippen molar-refractivity contribution < 1.29 is 4.79 Å². The molecule has 0 heterocycles. The summed E-state index contributed by atoms with van der Waals surface area (Å²) in [5.41, 5.74) is 1.42. The molecule has 0 radical (unpaired) electrons. The molecule has 0 aliphatic carbocycles. The molecule has 1 atom stereocenters. The van der Waals surface area contributed by atoms with E-state index in [1.54, 1.807) is 14.0 Å². The van der Waals surface area contributed by atoms with Gasteiger partial charge in [-0.15, -0.1) is 0 Å². The van der Waals surface area contributed by atoms with Crippen LogP contribution in [0.3, 0.4) is 0 Å². The van der Waals surface area contributed by atoms with Crippen LogP contribution in [0.5, 0.6) is 0 Å². The van der Waals surface area contributed by atoms with E-state index in [1.165, 1.54) is 11.1 Å². The third-order valence-electron chi connectivity index (χ3n) is 2.62. The highest BCUT2D eigenvalue weighted by Gasteiger charge is 2.10. The fourth-order valence-electron chi connectivity index (χ4n) is 0.943. The number of aliphatic imine (C=N–C) groups is 1. The first-order chi connectivity index (χ1) is 7.43. The predicted molar refractivity (Wildman–Crippen MR) is 69.3 cm³/mol. The Kier molecular flexibility index (Phi) is 6.38. The predicted octanol–water partition coefficient (Wildman–Crippen LogP) is 3.00. The Labute approximate surface area is 98.6 Å². The summed E-state index contributed by atoms with van der Waals surface area (Å²) >= 11 is 0. The van der Waals surface area contributed by atoms with Gasteiger partial charge >= 0.3 is 0 Å². The molecule has 0 fully saturated rings. The van der Waals surface area contributed by atoms with Gasteiger partial charge in [-0.1, -0.05) is 20.4 Å². The van der Waals surface area contributed by atoms with Crippen molar-refractivity contribution in [1.29, 1.82) is 0 Å². The van der Waals surface area contributed by atoms with Gasteiger partial charge in [0.25, 0.3) is 5.91 Å². The van der Waals surface area contributed by atoms with E-state index in [0.29, 0.717) is 11.5 Å². The third-order valence-corrected chi connectivity index (χ3v) is 2.62. The van der Waals surface area contributed by atoms with Crippen molar-refractivity contribution in [2.45, 2.75) is 34.1 Å². The Morgan fingerprint density at radius 2 is 2.06 bits per heavy atom. The van der Waals surface area contributed by atoms with Crippen LogP contribution in [0.4, 0.5) is 0 Å². The molecule has 0 spiro atoms. The van der Waals surface area contributed by atoms with Gasteiger partial charge < -0.3 is 4.90 Å². The Balaban J connectivity index is 4.76. The highest BCUT2D eigenvalue weighted by molar-refractivity contribution is 5.94. The van der Waals surface area contributed by atoms with Crippen LogP contribution in [0.15, 0.2) is 29.0 Å². The first kappa shape index (κ1) is 14.6. The van der Waals surface area contributed by atoms with Crippen LogP contribution >= 0.6 is 0 Å². The zero-order valence-corrected chi connectivity index (χ0v) is 10.9. The smallest absolute Gasteiger partial charge is 0.254 e. The average molecular weight is 222 g/mol. The topological polar surface area (TPSA) is 32.7 Å². The van der Waals surface area contributed by atoms with Crippen molar-refractivity contribution in [3.05, 3.63) is 24.0 Å². The first-order valence-electron chi connectivity index (χ1n) is 5.55. The zero-order chi connectivity index (χ0) is 12.7. The van der Waals surface area contributed by atoms with Crippen molar-refractivity contribution in [2.75, 3.05) is 7.05 Å². The molecule has 0 N–H and O–H groups in total. The summed E-state index contributed by atoms with van der Waals surface area (Å²) in [6, 6.07) is 0. The summed E-state index contributed by atoms with van der Waals surface area (Å²) in [5, 5.41) is 0. The fraction of sp³-hybridized carbons (Fsp3) is 0.538. The number of nitrogens with zero attached hydrogens (tertiary/aromatic N) is 2. The van der Waals surface area contributed by atoms with E-state index >= 15 is 0 Å². The highest BCUT2D eigenvalue weighted by Crippen LogP contribution is 2.09. The fourth-order valence-corrected chi connectivity index (χ4v) is 0.943. The lowest BCUT2D eigenvalue weighted by Crippen LogP contribution is -2.21. The van der Waals surface area contributed by atoms with Gasteiger partial charge in [0.1, 0.15) is 0 Å². The SMILES string of the molecule is C=CN(C)C(=O)/C(C)=C(\C)N=CC(C)CC. The highest BCUT2D eigenvalue weighted by atomic mass is 16.2. The van der Waals surface area contributed by atoms with Crippen molar-refractivity contribution >= 4 is 12.1 Å². The second kappa shape index (κ2) is 6.99. The van der Waals surface area contributed by atoms with Crippen LogP contribution < -0.4 is 0 Å². The van der Waals surface area contributed by atoms with Gasteiger partial charge in [0, 0.05) is 24.5 Å². The maximum Gasteiger partial charge on any atom is 0.254 e. The number of hydrogen-bond acceptors (Lipinski definition) is 2. The van der Waals surface area contributed by atoms with Crippen LogP contribution in [0.2, 0.25) is 0 Å². The normalized spacial score (nSPS) is 14.6. The van der Waals surface area contributed by atoms with Gasteiger partial charge in [-0.2, -0.15) is 0 Å². The van der Waals surface area contributed by atoms with Crippen molar-refractivity contribution in [3.8, 4) is 0 Å². The number of amides is 1. The summed E-state index contributed by atoms with van der Waals surface area (Å²) in [6.07, 6.45) is 4.44. The summed E-state index contributed by atoms with van der Waals surface area (Å²) in [6.45, 7) is 11.4. The van der Waals surface area contributed by atoms with E-state index in [1.807, 2.05) is 13.1 Å². The summed E-state index contributed by atoms with van der Waals surface area (Å²) < 4.78 is 0. The summed E-state index contributed by atoms with van der Waals surface area (Å²) in [5.74, 6) is 0.379. The molecular weight excluding hydrogens is 200 g/mol. The first-order valence-corrected chi connectivity index (χ1v) is 5.55. The van der Waals surface area contributed by atoms with Gasteiger partial charge in [0.2, 0.25) is 0 Å². The van der Waals surface area contributed by atoms with Crippen LogP contribution in [0, 0.1) is 5.92 Å². The molecule has 1 amide bonds. The number of rotatable bonds is 5. The largest absolute Gasteiger partial charge is 0.319 e. The Morgan fingerprint density at radius 3 is 2.50 bits per heavy atom. The van der Waals surface area contributed by atoms with E-state index in [0.717, 1.165) is 12.1 Å². The van der Waals surface area contributed by atoms with Crippen molar-refractivity contribution in [1.82, 2.24) is 4.90 Å². The molecule has 0 aromatic rings. The van der Waals surface area contributed by atoms with Crippen molar-refractivity contribution in [2.24, 2.45) is 10.9 Å². The molecular formula is C13H22N2O. The van der Waals surface area contributed by atoms with E-state index in [9.17, 15) is 4.79 Å². The van der Waals surface area contributed by atoms with Gasteiger partial charge in [-0.05, 0) is 32.4 Å². The average Bonchev–Trinajstić information content (AvgIpc) is 2.32. The molecule has 0 aromatic heterocycles. The number of carbonyl (C=O) groups is 1. The molecule has 90 valence electrons. The molecule has 0 aromatic carbocycles. The third kappa shape index (κ3) is 4.43. The molecule has 0 saturated carbocycles. The number of allylic oxidation sites excluding steroid dienone is 1. The number of likely N-dealkylation sites (N-methyl/N-ethyl adjacent to an activating group) is 1. The molecule has 3 nitrogen and oxygen atoms in total. The number of hydrogen-bond donors (Lipinski definition) is 0. The quantitative estimate of drug-likeness (QED) is 0.520. The lowest BCUT2D eigenvalue weighted by atomic mass is 10.1. The minimum Gasteiger partial charge on any atom is -0.319 e. The van der Waals surface area contributed by atoms with Gasteiger partial charge in [0.15, 0.2) is 0 Å². The van der Waals surface area contributed by atoms with E-state index in [2.05, 4.69) is 25.4 Å². The van der Waals surface area contributed by atoms with Gasteiger partial charge in [-0.25, -0.2) is 0 Å².